The molecule has 2 amide bonds. The second-order valence-electron chi connectivity index (χ2n) is 4.04. The van der Waals surface area contributed by atoms with E-state index in [-0.39, 0.29) is 18.4 Å². The number of aryl methyl sites for hydroxylation is 1. The molecule has 2 N–H and O–H groups in total. The molecule has 0 spiro atoms. The van der Waals surface area contributed by atoms with Gasteiger partial charge in [0.15, 0.2) is 5.13 Å². The summed E-state index contributed by atoms with van der Waals surface area (Å²) in [6.07, 6.45) is 0. The Morgan fingerprint density at radius 3 is 2.85 bits per heavy atom. The summed E-state index contributed by atoms with van der Waals surface area (Å²) < 4.78 is 0.813. The largest absolute Gasteiger partial charge is 0.343 e. The first kappa shape index (κ1) is 14.7. The van der Waals surface area contributed by atoms with Crippen molar-refractivity contribution in [1.29, 1.82) is 0 Å². The van der Waals surface area contributed by atoms with Crippen LogP contribution in [0.15, 0.2) is 34.1 Å². The molecule has 104 valence electrons. The van der Waals surface area contributed by atoms with Gasteiger partial charge in [-0.15, -0.1) is 11.3 Å². The molecule has 0 unspecified atom stereocenters. The van der Waals surface area contributed by atoms with E-state index in [1.165, 1.54) is 11.3 Å². The maximum absolute atomic E-state index is 11.8. The van der Waals surface area contributed by atoms with Crippen LogP contribution in [-0.4, -0.2) is 23.3 Å². The Morgan fingerprint density at radius 1 is 1.40 bits per heavy atom. The molecule has 0 saturated heterocycles. The number of nitrogens with zero attached hydrogens (tertiary/aromatic N) is 1. The second-order valence-corrected chi connectivity index (χ2v) is 5.81. The number of hydrogen-bond donors (Lipinski definition) is 2. The molecule has 0 radical (unpaired) electrons. The van der Waals surface area contributed by atoms with Crippen molar-refractivity contribution < 1.29 is 9.59 Å². The van der Waals surface area contributed by atoms with Gasteiger partial charge in [-0.1, -0.05) is 22.0 Å². The van der Waals surface area contributed by atoms with Crippen LogP contribution < -0.4 is 10.6 Å². The summed E-state index contributed by atoms with van der Waals surface area (Å²) in [5.74, 6) is -0.598. The number of amides is 2. The highest BCUT2D eigenvalue weighted by molar-refractivity contribution is 9.10. The first-order chi connectivity index (χ1) is 9.54. The fourth-order valence-corrected chi connectivity index (χ4v) is 2.57. The van der Waals surface area contributed by atoms with Crippen molar-refractivity contribution in [3.63, 3.8) is 0 Å². The van der Waals surface area contributed by atoms with Crippen LogP contribution in [0.5, 0.6) is 0 Å². The lowest BCUT2D eigenvalue weighted by molar-refractivity contribution is -0.115. The Balaban J connectivity index is 1.85. The van der Waals surface area contributed by atoms with Crippen LogP contribution in [0.4, 0.5) is 5.13 Å². The Labute approximate surface area is 128 Å². The van der Waals surface area contributed by atoms with Crippen molar-refractivity contribution in [2.24, 2.45) is 0 Å². The number of hydrogen-bond acceptors (Lipinski definition) is 4. The van der Waals surface area contributed by atoms with Gasteiger partial charge in [-0.25, -0.2) is 4.98 Å². The smallest absolute Gasteiger partial charge is 0.251 e. The molecule has 0 aliphatic rings. The van der Waals surface area contributed by atoms with E-state index in [1.807, 2.05) is 18.4 Å². The molecule has 1 heterocycles. The normalized spacial score (nSPS) is 10.1. The number of nitrogens with one attached hydrogen (secondary N) is 2. The summed E-state index contributed by atoms with van der Waals surface area (Å²) in [4.78, 5) is 27.6. The predicted octanol–water partition coefficient (Wildman–Crippen LogP) is 2.58. The average molecular weight is 354 g/mol. The van der Waals surface area contributed by atoms with Gasteiger partial charge < -0.3 is 10.6 Å². The molecule has 20 heavy (non-hydrogen) atoms. The van der Waals surface area contributed by atoms with E-state index in [0.29, 0.717) is 10.7 Å². The third-order valence-corrected chi connectivity index (χ3v) is 3.73. The van der Waals surface area contributed by atoms with Crippen molar-refractivity contribution in [3.8, 4) is 0 Å². The number of carbonyl (C=O) groups is 2. The minimum atomic E-state index is -0.303. The summed E-state index contributed by atoms with van der Waals surface area (Å²) >= 11 is 4.64. The molecule has 7 heteroatoms. The Bertz CT molecular complexity index is 642. The highest BCUT2D eigenvalue weighted by Crippen LogP contribution is 2.14. The second kappa shape index (κ2) is 6.62. The number of anilines is 1. The lowest BCUT2D eigenvalue weighted by atomic mass is 10.2. The minimum Gasteiger partial charge on any atom is -0.343 e. The molecular formula is C13H12BrN3O2S. The molecule has 1 aromatic carbocycles. The fraction of sp³-hybridized carbons (Fsp3) is 0.154. The standard InChI is InChI=1S/C13H12BrN3O2S/c1-8-7-20-13(16-8)17-11(18)6-15-12(19)9-3-2-4-10(14)5-9/h2-5,7H,6H2,1H3,(H,15,19)(H,16,17,18). The van der Waals surface area contributed by atoms with Crippen molar-refractivity contribution in [3.05, 3.63) is 45.4 Å². The van der Waals surface area contributed by atoms with Crippen molar-refractivity contribution in [2.45, 2.75) is 6.92 Å². The van der Waals surface area contributed by atoms with Crippen molar-refractivity contribution in [1.82, 2.24) is 10.3 Å². The molecule has 2 aromatic rings. The topological polar surface area (TPSA) is 71.1 Å². The number of benzene rings is 1. The van der Waals surface area contributed by atoms with Gasteiger partial charge in [-0.05, 0) is 25.1 Å². The van der Waals surface area contributed by atoms with Gasteiger partial charge in [0.1, 0.15) is 0 Å². The fourth-order valence-electron chi connectivity index (χ4n) is 1.47. The van der Waals surface area contributed by atoms with Gasteiger partial charge in [0.2, 0.25) is 5.91 Å². The zero-order valence-electron chi connectivity index (χ0n) is 10.6. The molecule has 2 rings (SSSR count). The van der Waals surface area contributed by atoms with Crippen molar-refractivity contribution >= 4 is 44.2 Å². The van der Waals surface area contributed by atoms with Crippen LogP contribution in [-0.2, 0) is 4.79 Å². The third-order valence-electron chi connectivity index (χ3n) is 2.36. The molecule has 0 aliphatic heterocycles. The summed E-state index contributed by atoms with van der Waals surface area (Å²) in [5, 5.41) is 7.56. The molecule has 0 bridgehead atoms. The Morgan fingerprint density at radius 2 is 2.20 bits per heavy atom. The zero-order valence-corrected chi connectivity index (χ0v) is 13.0. The lowest BCUT2D eigenvalue weighted by Gasteiger charge is -2.05. The van der Waals surface area contributed by atoms with Gasteiger partial charge in [0.25, 0.3) is 5.91 Å². The molecule has 1 aromatic heterocycles. The molecule has 0 aliphatic carbocycles. The zero-order chi connectivity index (χ0) is 14.5. The van der Waals surface area contributed by atoms with E-state index in [9.17, 15) is 9.59 Å². The monoisotopic (exact) mass is 353 g/mol. The van der Waals surface area contributed by atoms with E-state index in [2.05, 4.69) is 31.5 Å². The average Bonchev–Trinajstić information content (AvgIpc) is 2.81. The van der Waals surface area contributed by atoms with Crippen molar-refractivity contribution in [2.75, 3.05) is 11.9 Å². The first-order valence-corrected chi connectivity index (χ1v) is 7.47. The quantitative estimate of drug-likeness (QED) is 0.887. The minimum absolute atomic E-state index is 0.0933. The van der Waals surface area contributed by atoms with Gasteiger partial charge in [0.05, 0.1) is 12.2 Å². The van der Waals surface area contributed by atoms with E-state index in [1.54, 1.807) is 18.2 Å². The SMILES string of the molecule is Cc1csc(NC(=O)CNC(=O)c2cccc(Br)c2)n1. The molecule has 0 saturated carbocycles. The predicted molar refractivity (Wildman–Crippen MR) is 82.0 cm³/mol. The Kier molecular flexibility index (Phi) is 4.86. The summed E-state index contributed by atoms with van der Waals surface area (Å²) in [5.41, 5.74) is 1.35. The molecule has 5 nitrogen and oxygen atoms in total. The number of thiazole rings is 1. The summed E-state index contributed by atoms with van der Waals surface area (Å²) in [7, 11) is 0. The van der Waals surface area contributed by atoms with Crippen LogP contribution >= 0.6 is 27.3 Å². The van der Waals surface area contributed by atoms with E-state index in [4.69, 9.17) is 0 Å². The maximum Gasteiger partial charge on any atom is 0.251 e. The molecule has 0 atom stereocenters. The van der Waals surface area contributed by atoms with Crippen LogP contribution in [0, 0.1) is 6.92 Å². The van der Waals surface area contributed by atoms with E-state index in [0.717, 1.165) is 10.2 Å². The number of rotatable bonds is 4. The maximum atomic E-state index is 11.8. The number of carbonyl (C=O) groups excluding carboxylic acids is 2. The van der Waals surface area contributed by atoms with Crippen LogP contribution in [0.2, 0.25) is 0 Å². The number of aromatic nitrogens is 1. The van der Waals surface area contributed by atoms with Crippen LogP contribution in [0.1, 0.15) is 16.1 Å². The van der Waals surface area contributed by atoms with Gasteiger partial charge in [-0.3, -0.25) is 9.59 Å². The summed E-state index contributed by atoms with van der Waals surface area (Å²) in [6, 6.07) is 6.96. The first-order valence-electron chi connectivity index (χ1n) is 5.80. The summed E-state index contributed by atoms with van der Waals surface area (Å²) in [6.45, 7) is 1.76. The van der Waals surface area contributed by atoms with E-state index >= 15 is 0 Å². The molecular weight excluding hydrogens is 342 g/mol. The van der Waals surface area contributed by atoms with E-state index < -0.39 is 0 Å². The van der Waals surface area contributed by atoms with Gasteiger partial charge in [-0.2, -0.15) is 0 Å². The Hall–Kier alpha value is -1.73. The van der Waals surface area contributed by atoms with Crippen LogP contribution in [0.25, 0.3) is 0 Å². The lowest BCUT2D eigenvalue weighted by Crippen LogP contribution is -2.32. The highest BCUT2D eigenvalue weighted by Gasteiger charge is 2.09. The van der Waals surface area contributed by atoms with Crippen LogP contribution in [0.3, 0.4) is 0 Å². The number of halogens is 1. The highest BCUT2D eigenvalue weighted by atomic mass is 79.9. The van der Waals surface area contributed by atoms with Gasteiger partial charge >= 0.3 is 0 Å². The molecule has 0 fully saturated rings. The van der Waals surface area contributed by atoms with Gasteiger partial charge in [0, 0.05) is 15.4 Å². The third kappa shape index (κ3) is 4.14.